The fourth-order valence-electron chi connectivity index (χ4n) is 3.76. The molecular formula is C16H24F2N4O3. The van der Waals surface area contributed by atoms with E-state index in [2.05, 4.69) is 15.2 Å². The molecule has 25 heavy (non-hydrogen) atoms. The first-order chi connectivity index (χ1) is 11.9. The van der Waals surface area contributed by atoms with Gasteiger partial charge in [0.2, 0.25) is 0 Å². The minimum absolute atomic E-state index is 0.0527. The number of methoxy groups -OCH3 is 1. The molecule has 2 heterocycles. The van der Waals surface area contributed by atoms with E-state index in [9.17, 15) is 18.7 Å². The van der Waals surface area contributed by atoms with Crippen LogP contribution in [-0.2, 0) is 16.1 Å². The maximum atomic E-state index is 14.8. The lowest BCUT2D eigenvalue weighted by molar-refractivity contribution is -0.203. The molecule has 0 radical (unpaired) electrons. The lowest BCUT2D eigenvalue weighted by Gasteiger charge is -2.39. The van der Waals surface area contributed by atoms with E-state index in [1.165, 1.54) is 7.11 Å². The Kier molecular flexibility index (Phi) is 5.06. The third-order valence-electron chi connectivity index (χ3n) is 5.18. The number of aromatic amines is 1. The highest BCUT2D eigenvalue weighted by atomic mass is 19.3. The molecule has 2 N–H and O–H groups in total. The molecule has 2 fully saturated rings. The second kappa shape index (κ2) is 6.95. The van der Waals surface area contributed by atoms with Crippen molar-refractivity contribution in [2.45, 2.75) is 69.1 Å². The van der Waals surface area contributed by atoms with Crippen molar-refractivity contribution in [2.75, 3.05) is 13.7 Å². The van der Waals surface area contributed by atoms with E-state index in [1.54, 1.807) is 0 Å². The molecule has 1 unspecified atom stereocenters. The maximum Gasteiger partial charge on any atom is 0.352 e. The van der Waals surface area contributed by atoms with Gasteiger partial charge in [-0.2, -0.15) is 13.9 Å². The average Bonchev–Trinajstić information content (AvgIpc) is 3.25. The van der Waals surface area contributed by atoms with E-state index in [0.29, 0.717) is 37.3 Å². The summed E-state index contributed by atoms with van der Waals surface area (Å²) < 4.78 is 34.6. The maximum absolute atomic E-state index is 14.8. The number of aliphatic hydroxyl groups is 1. The van der Waals surface area contributed by atoms with E-state index in [1.807, 2.05) is 0 Å². The Morgan fingerprint density at radius 1 is 1.40 bits per heavy atom. The summed E-state index contributed by atoms with van der Waals surface area (Å²) in [6.45, 7) is 0.437. The summed E-state index contributed by atoms with van der Waals surface area (Å²) in [5.74, 6) is -4.32. The number of piperidine rings is 1. The van der Waals surface area contributed by atoms with Crippen molar-refractivity contribution in [2.24, 2.45) is 0 Å². The van der Waals surface area contributed by atoms with E-state index < -0.39 is 23.5 Å². The molecule has 9 heteroatoms. The molecule has 1 saturated carbocycles. The molecule has 0 spiro atoms. The van der Waals surface area contributed by atoms with E-state index in [4.69, 9.17) is 4.74 Å². The fraction of sp³-hybridized carbons (Fsp3) is 0.812. The molecule has 3 rings (SSSR count). The number of hydrogen-bond acceptors (Lipinski definition) is 5. The van der Waals surface area contributed by atoms with Gasteiger partial charge < -0.3 is 14.7 Å². The zero-order valence-corrected chi connectivity index (χ0v) is 14.3. The summed E-state index contributed by atoms with van der Waals surface area (Å²) in [5.41, 5.74) is -2.24. The molecule has 140 valence electrons. The normalized spacial score (nSPS) is 23.8. The number of alkyl halides is 2. The molecule has 7 nitrogen and oxygen atoms in total. The number of carbonyl (C=O) groups is 1. The number of halogens is 2. The van der Waals surface area contributed by atoms with Gasteiger partial charge in [-0.25, -0.2) is 4.98 Å². The Hall–Kier alpha value is -1.61. The van der Waals surface area contributed by atoms with Crippen molar-refractivity contribution in [1.29, 1.82) is 0 Å². The monoisotopic (exact) mass is 358 g/mol. The van der Waals surface area contributed by atoms with Gasteiger partial charge in [0, 0.05) is 13.7 Å². The molecule has 2 aliphatic rings. The minimum atomic E-state index is -3.80. The highest BCUT2D eigenvalue weighted by Gasteiger charge is 2.61. The Labute approximate surface area is 144 Å². The van der Waals surface area contributed by atoms with Gasteiger partial charge >= 0.3 is 5.92 Å². The molecule has 1 saturated heterocycles. The molecule has 1 aliphatic heterocycles. The number of aromatic nitrogens is 3. The Bertz CT molecular complexity index is 616. The predicted molar refractivity (Wildman–Crippen MR) is 83.8 cm³/mol. The third-order valence-corrected chi connectivity index (χ3v) is 5.18. The highest BCUT2D eigenvalue weighted by molar-refractivity contribution is 5.85. The van der Waals surface area contributed by atoms with Crippen LogP contribution in [0.2, 0.25) is 0 Å². The van der Waals surface area contributed by atoms with Gasteiger partial charge in [-0.1, -0.05) is 12.8 Å². The van der Waals surface area contributed by atoms with Gasteiger partial charge in [0.15, 0.2) is 11.6 Å². The van der Waals surface area contributed by atoms with Crippen molar-refractivity contribution in [3.63, 3.8) is 0 Å². The second-order valence-corrected chi connectivity index (χ2v) is 6.90. The van der Waals surface area contributed by atoms with Gasteiger partial charge in [0.1, 0.15) is 12.2 Å². The first-order valence-electron chi connectivity index (χ1n) is 8.70. The highest BCUT2D eigenvalue weighted by Crippen LogP contribution is 2.44. The smallest absolute Gasteiger partial charge is 0.352 e. The Morgan fingerprint density at radius 2 is 2.12 bits per heavy atom. The van der Waals surface area contributed by atoms with Crippen LogP contribution in [0.1, 0.15) is 62.6 Å². The number of amides is 1. The van der Waals surface area contributed by atoms with Gasteiger partial charge in [-0.05, 0) is 32.1 Å². The van der Waals surface area contributed by atoms with Gasteiger partial charge in [0.25, 0.3) is 5.91 Å². The molecule has 1 aromatic heterocycles. The van der Waals surface area contributed by atoms with Crippen molar-refractivity contribution in [3.05, 3.63) is 11.6 Å². The number of likely N-dealkylation sites (tertiary alicyclic amines) is 1. The standard InChI is InChI=1S/C16H24F2N4O3/c1-25-10-12-19-13(21-20-12)11-6-2-5-9-22(11)14(23)16(17,18)15(24)7-3-4-8-15/h11,24H,2-10H2,1H3,(H,19,20,21). The molecule has 0 bridgehead atoms. The summed E-state index contributed by atoms with van der Waals surface area (Å²) in [7, 11) is 1.52. The number of rotatable bonds is 5. The van der Waals surface area contributed by atoms with Crippen LogP contribution >= 0.6 is 0 Å². The number of H-pyrrole nitrogens is 1. The summed E-state index contributed by atoms with van der Waals surface area (Å²) in [6.07, 6.45) is 2.87. The first kappa shape index (κ1) is 18.2. The number of hydrogen-bond donors (Lipinski definition) is 2. The van der Waals surface area contributed by atoms with Crippen LogP contribution in [-0.4, -0.2) is 56.3 Å². The van der Waals surface area contributed by atoms with Gasteiger partial charge in [-0.3, -0.25) is 9.89 Å². The Morgan fingerprint density at radius 3 is 2.80 bits per heavy atom. The van der Waals surface area contributed by atoms with E-state index in [0.717, 1.165) is 11.3 Å². The van der Waals surface area contributed by atoms with Crippen molar-refractivity contribution >= 4 is 5.91 Å². The van der Waals surface area contributed by atoms with Gasteiger partial charge in [0.05, 0.1) is 6.04 Å². The molecular weight excluding hydrogens is 334 g/mol. The fourth-order valence-corrected chi connectivity index (χ4v) is 3.76. The zero-order valence-electron chi connectivity index (χ0n) is 14.3. The van der Waals surface area contributed by atoms with Crippen molar-refractivity contribution in [1.82, 2.24) is 20.1 Å². The summed E-state index contributed by atoms with van der Waals surface area (Å²) >= 11 is 0. The third kappa shape index (κ3) is 3.27. The van der Waals surface area contributed by atoms with Crippen LogP contribution in [0.3, 0.4) is 0 Å². The largest absolute Gasteiger partial charge is 0.383 e. The van der Waals surface area contributed by atoms with Crippen LogP contribution in [0.25, 0.3) is 0 Å². The van der Waals surface area contributed by atoms with Crippen LogP contribution in [0.4, 0.5) is 8.78 Å². The Balaban J connectivity index is 1.83. The molecule has 1 atom stereocenters. The quantitative estimate of drug-likeness (QED) is 0.839. The number of carbonyl (C=O) groups excluding carboxylic acids is 1. The number of ether oxygens (including phenoxy) is 1. The zero-order chi connectivity index (χ0) is 18.1. The summed E-state index contributed by atoms with van der Waals surface area (Å²) in [4.78, 5) is 18.1. The van der Waals surface area contributed by atoms with Crippen LogP contribution < -0.4 is 0 Å². The summed E-state index contributed by atoms with van der Waals surface area (Å²) in [5, 5.41) is 17.1. The van der Waals surface area contributed by atoms with E-state index >= 15 is 0 Å². The predicted octanol–water partition coefficient (Wildman–Crippen LogP) is 1.95. The second-order valence-electron chi connectivity index (χ2n) is 6.90. The SMILES string of the molecule is COCc1nc(C2CCCCN2C(=O)C(F)(F)C2(O)CCCC2)n[nH]1. The molecule has 1 amide bonds. The molecule has 1 aliphatic carbocycles. The van der Waals surface area contributed by atoms with Gasteiger partial charge in [-0.15, -0.1) is 0 Å². The average molecular weight is 358 g/mol. The van der Waals surface area contributed by atoms with Crippen LogP contribution in [0.5, 0.6) is 0 Å². The van der Waals surface area contributed by atoms with Crippen LogP contribution in [0, 0.1) is 0 Å². The number of nitrogens with one attached hydrogen (secondary N) is 1. The summed E-state index contributed by atoms with van der Waals surface area (Å²) in [6, 6.07) is -0.612. The first-order valence-corrected chi connectivity index (χ1v) is 8.70. The molecule has 0 aromatic carbocycles. The topological polar surface area (TPSA) is 91.3 Å². The lowest BCUT2D eigenvalue weighted by atomic mass is 9.91. The lowest BCUT2D eigenvalue weighted by Crippen LogP contribution is -2.58. The van der Waals surface area contributed by atoms with Crippen LogP contribution in [0.15, 0.2) is 0 Å². The molecule has 1 aromatic rings. The number of nitrogens with zero attached hydrogens (tertiary/aromatic N) is 3. The van der Waals surface area contributed by atoms with Crippen molar-refractivity contribution < 1.29 is 23.4 Å². The minimum Gasteiger partial charge on any atom is -0.383 e. The van der Waals surface area contributed by atoms with Crippen molar-refractivity contribution in [3.8, 4) is 0 Å². The van der Waals surface area contributed by atoms with E-state index in [-0.39, 0.29) is 26.0 Å².